The number of anilines is 1. The van der Waals surface area contributed by atoms with E-state index in [0.717, 1.165) is 25.7 Å². The van der Waals surface area contributed by atoms with Crippen LogP contribution in [0.2, 0.25) is 0 Å². The van der Waals surface area contributed by atoms with Crippen LogP contribution in [0.15, 0.2) is 48.5 Å². The first-order valence-electron chi connectivity index (χ1n) is 10.1. The van der Waals surface area contributed by atoms with E-state index < -0.39 is 6.10 Å². The molecule has 2 aromatic carbocycles. The molecule has 0 spiro atoms. The van der Waals surface area contributed by atoms with Crippen molar-refractivity contribution in [3.8, 4) is 11.5 Å². The Morgan fingerprint density at radius 2 is 1.72 bits per heavy atom. The first-order chi connectivity index (χ1) is 14.1. The van der Waals surface area contributed by atoms with Crippen molar-refractivity contribution in [2.24, 2.45) is 0 Å². The fraction of sp³-hybridized carbons (Fsp3) is 0.391. The number of rotatable bonds is 7. The molecule has 6 nitrogen and oxygen atoms in total. The number of carbonyl (C=O) groups is 2. The number of benzene rings is 2. The van der Waals surface area contributed by atoms with Crippen LogP contribution in [0.3, 0.4) is 0 Å². The molecule has 0 heterocycles. The maximum absolute atomic E-state index is 12.7. The average Bonchev–Trinajstić information content (AvgIpc) is 2.75. The van der Waals surface area contributed by atoms with Gasteiger partial charge in [0.15, 0.2) is 6.10 Å². The molecule has 0 unspecified atom stereocenters. The van der Waals surface area contributed by atoms with Crippen LogP contribution in [0.5, 0.6) is 11.5 Å². The molecule has 1 aliphatic carbocycles. The highest BCUT2D eigenvalue weighted by Crippen LogP contribution is 2.22. The third kappa shape index (κ3) is 5.73. The Morgan fingerprint density at radius 3 is 2.48 bits per heavy atom. The van der Waals surface area contributed by atoms with Crippen LogP contribution in [-0.4, -0.2) is 31.1 Å². The average molecular weight is 396 g/mol. The molecular weight excluding hydrogens is 368 g/mol. The van der Waals surface area contributed by atoms with Gasteiger partial charge in [0, 0.05) is 12.1 Å². The molecule has 1 saturated carbocycles. The third-order valence-electron chi connectivity index (χ3n) is 5.09. The van der Waals surface area contributed by atoms with Gasteiger partial charge in [-0.15, -0.1) is 0 Å². The number of para-hydroxylation sites is 1. The molecule has 1 aliphatic rings. The van der Waals surface area contributed by atoms with Gasteiger partial charge in [-0.05, 0) is 44.0 Å². The van der Waals surface area contributed by atoms with Gasteiger partial charge >= 0.3 is 0 Å². The van der Waals surface area contributed by atoms with Crippen molar-refractivity contribution in [1.82, 2.24) is 5.32 Å². The zero-order chi connectivity index (χ0) is 20.6. The maximum Gasteiger partial charge on any atom is 0.265 e. The lowest BCUT2D eigenvalue weighted by Crippen LogP contribution is -2.37. The van der Waals surface area contributed by atoms with Crippen LogP contribution in [0.25, 0.3) is 0 Å². The molecule has 6 heteroatoms. The topological polar surface area (TPSA) is 76.7 Å². The predicted molar refractivity (Wildman–Crippen MR) is 112 cm³/mol. The number of hydrogen-bond acceptors (Lipinski definition) is 4. The van der Waals surface area contributed by atoms with E-state index in [1.54, 1.807) is 62.6 Å². The van der Waals surface area contributed by atoms with Crippen molar-refractivity contribution >= 4 is 17.5 Å². The molecule has 2 amide bonds. The molecule has 0 radical (unpaired) electrons. The molecule has 0 saturated heterocycles. The molecule has 0 aliphatic heterocycles. The molecule has 0 aromatic heterocycles. The monoisotopic (exact) mass is 396 g/mol. The van der Waals surface area contributed by atoms with Gasteiger partial charge in [-0.25, -0.2) is 0 Å². The lowest BCUT2D eigenvalue weighted by Gasteiger charge is -2.23. The van der Waals surface area contributed by atoms with Gasteiger partial charge in [-0.1, -0.05) is 37.5 Å². The maximum atomic E-state index is 12.7. The molecule has 1 atom stereocenters. The lowest BCUT2D eigenvalue weighted by atomic mass is 9.95. The van der Waals surface area contributed by atoms with Crippen LogP contribution in [-0.2, 0) is 4.79 Å². The second-order valence-electron chi connectivity index (χ2n) is 7.28. The summed E-state index contributed by atoms with van der Waals surface area (Å²) in [6.07, 6.45) is 4.78. The number of carbonyl (C=O) groups excluding carboxylic acids is 2. The molecule has 2 N–H and O–H groups in total. The quantitative estimate of drug-likeness (QED) is 0.737. The summed E-state index contributed by atoms with van der Waals surface area (Å²) < 4.78 is 10.9. The first kappa shape index (κ1) is 20.7. The summed E-state index contributed by atoms with van der Waals surface area (Å²) >= 11 is 0. The van der Waals surface area contributed by atoms with E-state index in [-0.39, 0.29) is 17.9 Å². The second kappa shape index (κ2) is 9.96. The molecule has 1 fully saturated rings. The van der Waals surface area contributed by atoms with Crippen LogP contribution in [0.4, 0.5) is 5.69 Å². The van der Waals surface area contributed by atoms with E-state index in [2.05, 4.69) is 10.6 Å². The normalized spacial score (nSPS) is 15.2. The van der Waals surface area contributed by atoms with Crippen LogP contribution in [0, 0.1) is 0 Å². The van der Waals surface area contributed by atoms with E-state index in [4.69, 9.17) is 9.47 Å². The van der Waals surface area contributed by atoms with Crippen LogP contribution >= 0.6 is 0 Å². The zero-order valence-electron chi connectivity index (χ0n) is 16.9. The van der Waals surface area contributed by atoms with Gasteiger partial charge in [-0.2, -0.15) is 0 Å². The number of nitrogens with one attached hydrogen (secondary N) is 2. The number of amides is 2. The Morgan fingerprint density at radius 1 is 1.00 bits per heavy atom. The highest BCUT2D eigenvalue weighted by atomic mass is 16.5. The van der Waals surface area contributed by atoms with Gasteiger partial charge in [0.05, 0.1) is 18.4 Å². The summed E-state index contributed by atoms with van der Waals surface area (Å²) in [5, 5.41) is 5.92. The number of methoxy groups -OCH3 is 1. The van der Waals surface area contributed by atoms with Gasteiger partial charge in [-0.3, -0.25) is 9.59 Å². The van der Waals surface area contributed by atoms with Crippen molar-refractivity contribution in [2.45, 2.75) is 51.2 Å². The minimum absolute atomic E-state index is 0.158. The van der Waals surface area contributed by atoms with E-state index in [9.17, 15) is 9.59 Å². The predicted octanol–water partition coefficient (Wildman–Crippen LogP) is 4.16. The fourth-order valence-electron chi connectivity index (χ4n) is 3.47. The molecule has 0 bridgehead atoms. The van der Waals surface area contributed by atoms with Crippen molar-refractivity contribution < 1.29 is 19.1 Å². The minimum Gasteiger partial charge on any atom is -0.497 e. The molecule has 154 valence electrons. The Labute approximate surface area is 171 Å². The first-order valence-corrected chi connectivity index (χ1v) is 10.1. The van der Waals surface area contributed by atoms with Gasteiger partial charge < -0.3 is 20.1 Å². The second-order valence-corrected chi connectivity index (χ2v) is 7.28. The minimum atomic E-state index is -0.739. The van der Waals surface area contributed by atoms with Crippen molar-refractivity contribution in [2.75, 3.05) is 12.4 Å². The van der Waals surface area contributed by atoms with E-state index in [0.29, 0.717) is 22.7 Å². The summed E-state index contributed by atoms with van der Waals surface area (Å²) in [6, 6.07) is 14.3. The zero-order valence-corrected chi connectivity index (χ0v) is 16.9. The highest BCUT2D eigenvalue weighted by molar-refractivity contribution is 6.04. The Hall–Kier alpha value is -3.02. The van der Waals surface area contributed by atoms with E-state index in [1.165, 1.54) is 6.42 Å². The van der Waals surface area contributed by atoms with Crippen molar-refractivity contribution in [3.63, 3.8) is 0 Å². The van der Waals surface area contributed by atoms with Gasteiger partial charge in [0.2, 0.25) is 0 Å². The number of hydrogen-bond donors (Lipinski definition) is 2. The third-order valence-corrected chi connectivity index (χ3v) is 5.09. The molecule has 2 aromatic rings. The SMILES string of the molecule is COc1cccc(O[C@@H](C)C(=O)Nc2ccccc2C(=O)NC2CCCCC2)c1. The largest absolute Gasteiger partial charge is 0.497 e. The van der Waals surface area contributed by atoms with Crippen molar-refractivity contribution in [1.29, 1.82) is 0 Å². The summed E-state index contributed by atoms with van der Waals surface area (Å²) in [4.78, 5) is 25.4. The van der Waals surface area contributed by atoms with Crippen LogP contribution < -0.4 is 20.1 Å². The molecule has 3 rings (SSSR count). The summed E-state index contributed by atoms with van der Waals surface area (Å²) in [6.45, 7) is 1.67. The molecule has 29 heavy (non-hydrogen) atoms. The smallest absolute Gasteiger partial charge is 0.265 e. The van der Waals surface area contributed by atoms with E-state index >= 15 is 0 Å². The Kier molecular flexibility index (Phi) is 7.11. The summed E-state index contributed by atoms with van der Waals surface area (Å²) in [5.41, 5.74) is 0.937. The van der Waals surface area contributed by atoms with Crippen molar-refractivity contribution in [3.05, 3.63) is 54.1 Å². The lowest BCUT2D eigenvalue weighted by molar-refractivity contribution is -0.122. The Bertz CT molecular complexity index is 846. The van der Waals surface area contributed by atoms with Gasteiger partial charge in [0.25, 0.3) is 11.8 Å². The standard InChI is InChI=1S/C23H28N2O4/c1-16(29-19-12-8-11-18(15-19)28-2)22(26)25-21-14-7-6-13-20(21)23(27)24-17-9-4-3-5-10-17/h6-8,11-17H,3-5,9-10H2,1-2H3,(H,24,27)(H,25,26)/t16-/m0/s1. The van der Waals surface area contributed by atoms with Gasteiger partial charge in [0.1, 0.15) is 11.5 Å². The number of ether oxygens (including phenoxy) is 2. The Balaban J connectivity index is 1.64. The highest BCUT2D eigenvalue weighted by Gasteiger charge is 2.21. The summed E-state index contributed by atoms with van der Waals surface area (Å²) in [7, 11) is 1.57. The molecular formula is C23H28N2O4. The fourth-order valence-corrected chi connectivity index (χ4v) is 3.47. The van der Waals surface area contributed by atoms with Crippen LogP contribution in [0.1, 0.15) is 49.4 Å². The van der Waals surface area contributed by atoms with E-state index in [1.807, 2.05) is 0 Å². The summed E-state index contributed by atoms with van der Waals surface area (Å²) in [5.74, 6) is 0.704.